The highest BCUT2D eigenvalue weighted by molar-refractivity contribution is 5.31. The molecule has 1 saturated carbocycles. The summed E-state index contributed by atoms with van der Waals surface area (Å²) in [4.78, 5) is 0. The van der Waals surface area contributed by atoms with Crippen LogP contribution in [-0.2, 0) is 6.18 Å². The third kappa shape index (κ3) is 2.93. The Morgan fingerprint density at radius 2 is 1.94 bits per heavy atom. The van der Waals surface area contributed by atoms with E-state index in [0.29, 0.717) is 18.9 Å². The first-order valence-electron chi connectivity index (χ1n) is 5.65. The molecule has 0 radical (unpaired) electrons. The Bertz CT molecular complexity index is 433. The second-order valence-corrected chi connectivity index (χ2v) is 4.46. The SMILES string of the molecule is NC1CCC(Oc2ccc(C(F)(F)F)cc2F)C1. The molecule has 6 heteroatoms. The first-order valence-corrected chi connectivity index (χ1v) is 5.65. The molecule has 2 rings (SSSR count). The average Bonchev–Trinajstić information content (AvgIpc) is 2.65. The van der Waals surface area contributed by atoms with Gasteiger partial charge in [-0.25, -0.2) is 4.39 Å². The molecule has 1 aromatic carbocycles. The highest BCUT2D eigenvalue weighted by Gasteiger charge is 2.32. The number of nitrogens with two attached hydrogens (primary N) is 1. The van der Waals surface area contributed by atoms with Crippen molar-refractivity contribution in [3.05, 3.63) is 29.6 Å². The van der Waals surface area contributed by atoms with Crippen LogP contribution in [0.25, 0.3) is 0 Å². The van der Waals surface area contributed by atoms with Crippen LogP contribution in [-0.4, -0.2) is 12.1 Å². The molecule has 1 aliphatic rings. The zero-order valence-electron chi connectivity index (χ0n) is 9.51. The fourth-order valence-electron chi connectivity index (χ4n) is 2.03. The zero-order chi connectivity index (χ0) is 13.3. The number of benzene rings is 1. The van der Waals surface area contributed by atoms with Crippen LogP contribution >= 0.6 is 0 Å². The maximum absolute atomic E-state index is 13.5. The molecule has 0 aromatic heterocycles. The number of ether oxygens (including phenoxy) is 1. The summed E-state index contributed by atoms with van der Waals surface area (Å²) in [6.07, 6.45) is -2.68. The number of hydrogen-bond acceptors (Lipinski definition) is 2. The molecule has 100 valence electrons. The molecule has 0 bridgehead atoms. The minimum absolute atomic E-state index is 0.0208. The van der Waals surface area contributed by atoms with Crippen molar-refractivity contribution in [1.82, 2.24) is 0 Å². The first-order chi connectivity index (χ1) is 8.36. The van der Waals surface area contributed by atoms with Gasteiger partial charge in [0.15, 0.2) is 11.6 Å². The Morgan fingerprint density at radius 3 is 2.44 bits per heavy atom. The minimum atomic E-state index is -4.55. The van der Waals surface area contributed by atoms with Gasteiger partial charge in [0.05, 0.1) is 5.56 Å². The molecule has 18 heavy (non-hydrogen) atoms. The van der Waals surface area contributed by atoms with Gasteiger partial charge in [-0.15, -0.1) is 0 Å². The Balaban J connectivity index is 2.10. The van der Waals surface area contributed by atoms with Gasteiger partial charge < -0.3 is 10.5 Å². The van der Waals surface area contributed by atoms with E-state index in [2.05, 4.69) is 0 Å². The topological polar surface area (TPSA) is 35.2 Å². The highest BCUT2D eigenvalue weighted by atomic mass is 19.4. The third-order valence-corrected chi connectivity index (χ3v) is 2.98. The van der Waals surface area contributed by atoms with E-state index < -0.39 is 17.6 Å². The molecule has 0 saturated heterocycles. The second kappa shape index (κ2) is 4.76. The normalized spacial score (nSPS) is 24.3. The maximum atomic E-state index is 13.5. The molecule has 2 atom stereocenters. The summed E-state index contributed by atoms with van der Waals surface area (Å²) in [5, 5.41) is 0. The Hall–Kier alpha value is -1.30. The smallest absolute Gasteiger partial charge is 0.416 e. The Labute approximate surface area is 102 Å². The van der Waals surface area contributed by atoms with Gasteiger partial charge in [0.2, 0.25) is 0 Å². The molecular formula is C12H13F4NO. The molecule has 2 unspecified atom stereocenters. The van der Waals surface area contributed by atoms with E-state index in [9.17, 15) is 17.6 Å². The number of halogens is 4. The van der Waals surface area contributed by atoms with E-state index in [0.717, 1.165) is 18.6 Å². The lowest BCUT2D eigenvalue weighted by Crippen LogP contribution is -2.19. The molecule has 1 aromatic rings. The van der Waals surface area contributed by atoms with E-state index in [1.165, 1.54) is 0 Å². The van der Waals surface area contributed by atoms with Gasteiger partial charge in [-0.2, -0.15) is 13.2 Å². The molecule has 0 spiro atoms. The zero-order valence-corrected chi connectivity index (χ0v) is 9.51. The predicted molar refractivity (Wildman–Crippen MR) is 57.6 cm³/mol. The van der Waals surface area contributed by atoms with Crippen LogP contribution in [0.4, 0.5) is 17.6 Å². The van der Waals surface area contributed by atoms with Crippen LogP contribution in [0.5, 0.6) is 5.75 Å². The van der Waals surface area contributed by atoms with Gasteiger partial charge in [-0.1, -0.05) is 0 Å². The summed E-state index contributed by atoms with van der Waals surface area (Å²) in [5.41, 5.74) is 4.66. The van der Waals surface area contributed by atoms with E-state index >= 15 is 0 Å². The molecule has 0 aliphatic heterocycles. The molecule has 0 amide bonds. The number of hydrogen-bond donors (Lipinski definition) is 1. The van der Waals surface area contributed by atoms with Gasteiger partial charge in [0.1, 0.15) is 6.10 Å². The van der Waals surface area contributed by atoms with Crippen molar-refractivity contribution < 1.29 is 22.3 Å². The van der Waals surface area contributed by atoms with Crippen molar-refractivity contribution in [1.29, 1.82) is 0 Å². The van der Waals surface area contributed by atoms with E-state index in [-0.39, 0.29) is 17.9 Å². The maximum Gasteiger partial charge on any atom is 0.416 e. The summed E-state index contributed by atoms with van der Waals surface area (Å²) in [6, 6.07) is 2.30. The molecule has 1 aliphatic carbocycles. The van der Waals surface area contributed by atoms with Gasteiger partial charge >= 0.3 is 6.18 Å². The molecule has 1 fully saturated rings. The van der Waals surface area contributed by atoms with Gasteiger partial charge in [0, 0.05) is 6.04 Å². The van der Waals surface area contributed by atoms with E-state index in [4.69, 9.17) is 10.5 Å². The standard InChI is InChI=1S/C12H13F4NO/c13-10-5-7(12(14,15)16)1-4-11(10)18-9-3-2-8(17)6-9/h1,4-5,8-9H,2-3,6,17H2. The highest BCUT2D eigenvalue weighted by Crippen LogP contribution is 2.33. The number of alkyl halides is 3. The van der Waals surface area contributed by atoms with Crippen molar-refractivity contribution in [2.45, 2.75) is 37.6 Å². The average molecular weight is 263 g/mol. The predicted octanol–water partition coefficient (Wildman–Crippen LogP) is 3.10. The summed E-state index contributed by atoms with van der Waals surface area (Å²) >= 11 is 0. The number of rotatable bonds is 2. The van der Waals surface area contributed by atoms with Crippen molar-refractivity contribution in [3.8, 4) is 5.75 Å². The van der Waals surface area contributed by atoms with Crippen LogP contribution in [0.1, 0.15) is 24.8 Å². The lowest BCUT2D eigenvalue weighted by atomic mass is 10.2. The van der Waals surface area contributed by atoms with Gasteiger partial charge in [-0.05, 0) is 37.5 Å². The van der Waals surface area contributed by atoms with E-state index in [1.807, 2.05) is 0 Å². The first kappa shape index (κ1) is 13.1. The second-order valence-electron chi connectivity index (χ2n) is 4.46. The van der Waals surface area contributed by atoms with Crippen LogP contribution < -0.4 is 10.5 Å². The quantitative estimate of drug-likeness (QED) is 0.832. The summed E-state index contributed by atoms with van der Waals surface area (Å²) < 4.78 is 55.8. The monoisotopic (exact) mass is 263 g/mol. The van der Waals surface area contributed by atoms with Crippen LogP contribution in [0, 0.1) is 5.82 Å². The van der Waals surface area contributed by atoms with Crippen molar-refractivity contribution in [2.75, 3.05) is 0 Å². The summed E-state index contributed by atoms with van der Waals surface area (Å²) in [7, 11) is 0. The summed E-state index contributed by atoms with van der Waals surface area (Å²) in [6.45, 7) is 0. The molecule has 2 nitrogen and oxygen atoms in total. The van der Waals surface area contributed by atoms with Crippen molar-refractivity contribution in [3.63, 3.8) is 0 Å². The fourth-order valence-corrected chi connectivity index (χ4v) is 2.03. The van der Waals surface area contributed by atoms with Crippen LogP contribution in [0.15, 0.2) is 18.2 Å². The molecule has 2 N–H and O–H groups in total. The van der Waals surface area contributed by atoms with Crippen molar-refractivity contribution in [2.24, 2.45) is 5.73 Å². The summed E-state index contributed by atoms with van der Waals surface area (Å²) in [5.74, 6) is -1.15. The van der Waals surface area contributed by atoms with Crippen LogP contribution in [0.3, 0.4) is 0 Å². The Kier molecular flexibility index (Phi) is 3.47. The largest absolute Gasteiger partial charge is 0.487 e. The van der Waals surface area contributed by atoms with E-state index in [1.54, 1.807) is 0 Å². The Morgan fingerprint density at radius 1 is 1.22 bits per heavy atom. The van der Waals surface area contributed by atoms with Gasteiger partial charge in [-0.3, -0.25) is 0 Å². The molecular weight excluding hydrogens is 250 g/mol. The van der Waals surface area contributed by atoms with Gasteiger partial charge in [0.25, 0.3) is 0 Å². The lowest BCUT2D eigenvalue weighted by molar-refractivity contribution is -0.137. The minimum Gasteiger partial charge on any atom is -0.487 e. The fraction of sp³-hybridized carbons (Fsp3) is 0.500. The van der Waals surface area contributed by atoms with Crippen molar-refractivity contribution >= 4 is 0 Å². The third-order valence-electron chi connectivity index (χ3n) is 2.98. The molecule has 0 heterocycles. The van der Waals surface area contributed by atoms with Crippen LogP contribution in [0.2, 0.25) is 0 Å². The lowest BCUT2D eigenvalue weighted by Gasteiger charge is -2.15.